The Balaban J connectivity index is 0. The predicted molar refractivity (Wildman–Crippen MR) is 69.8 cm³/mol. The van der Waals surface area contributed by atoms with Crippen LogP contribution < -0.4 is 16.8 Å². The van der Waals surface area contributed by atoms with Crippen LogP contribution >= 0.6 is 0 Å². The van der Waals surface area contributed by atoms with Gasteiger partial charge in [0.25, 0.3) is 0 Å². The van der Waals surface area contributed by atoms with Gasteiger partial charge in [-0.3, -0.25) is 9.59 Å². The normalized spacial score (nSPS) is 11.9. The summed E-state index contributed by atoms with van der Waals surface area (Å²) < 4.78 is 31.7. The van der Waals surface area contributed by atoms with Crippen LogP contribution in [-0.2, 0) is 14.4 Å². The van der Waals surface area contributed by atoms with Gasteiger partial charge < -0.3 is 27.0 Å². The van der Waals surface area contributed by atoms with Crippen molar-refractivity contribution in [2.75, 3.05) is 13.1 Å². The molecule has 0 aromatic carbocycles. The van der Waals surface area contributed by atoms with Crippen molar-refractivity contribution in [3.05, 3.63) is 0 Å². The maximum atomic E-state index is 11.3. The minimum absolute atomic E-state index is 0.0821. The molecule has 22 heavy (non-hydrogen) atoms. The van der Waals surface area contributed by atoms with Gasteiger partial charge in [-0.25, -0.2) is 4.79 Å². The summed E-state index contributed by atoms with van der Waals surface area (Å²) in [4.78, 5) is 30.3. The molecule has 0 aliphatic heterocycles. The Kier molecular flexibility index (Phi) is 12.0. The molecule has 0 aliphatic rings. The number of carboxylic acids is 2. The van der Waals surface area contributed by atoms with Crippen molar-refractivity contribution < 1.29 is 37.8 Å². The fourth-order valence-corrected chi connectivity index (χ4v) is 1.06. The largest absolute Gasteiger partial charge is 0.490 e. The van der Waals surface area contributed by atoms with Crippen LogP contribution in [0.1, 0.15) is 25.7 Å². The summed E-state index contributed by atoms with van der Waals surface area (Å²) in [5.41, 5.74) is 10.9. The summed E-state index contributed by atoms with van der Waals surface area (Å²) in [5, 5.41) is 17.9. The number of rotatable bonds is 8. The van der Waals surface area contributed by atoms with Crippen molar-refractivity contribution in [1.29, 1.82) is 0 Å². The summed E-state index contributed by atoms with van der Waals surface area (Å²) in [5.74, 6) is -3.99. The SMILES string of the molecule is NCCCC[C@H](N)C(=O)NCCC(=O)O.O=C(O)C(F)(F)F. The maximum absolute atomic E-state index is 11.3. The van der Waals surface area contributed by atoms with E-state index in [1.807, 2.05) is 0 Å². The van der Waals surface area contributed by atoms with Crippen LogP contribution in [0.3, 0.4) is 0 Å². The molecule has 11 heteroatoms. The fourth-order valence-electron chi connectivity index (χ4n) is 1.06. The van der Waals surface area contributed by atoms with E-state index in [4.69, 9.17) is 26.5 Å². The molecular formula is C11H20F3N3O5. The Bertz CT molecular complexity index is 363. The lowest BCUT2D eigenvalue weighted by Gasteiger charge is -2.10. The van der Waals surface area contributed by atoms with Crippen LogP contribution in [0.25, 0.3) is 0 Å². The smallest absolute Gasteiger partial charge is 0.481 e. The highest BCUT2D eigenvalue weighted by Gasteiger charge is 2.38. The minimum Gasteiger partial charge on any atom is -0.481 e. The number of hydrogen-bond acceptors (Lipinski definition) is 5. The first-order chi connectivity index (χ1) is 10.0. The molecule has 1 amide bonds. The van der Waals surface area contributed by atoms with Crippen molar-refractivity contribution in [1.82, 2.24) is 5.32 Å². The number of nitrogens with two attached hydrogens (primary N) is 2. The zero-order chi connectivity index (χ0) is 17.8. The number of unbranched alkanes of at least 4 members (excludes halogenated alkanes) is 1. The molecule has 1 atom stereocenters. The van der Waals surface area contributed by atoms with Gasteiger partial charge in [0.05, 0.1) is 12.5 Å². The van der Waals surface area contributed by atoms with Crippen LogP contribution in [0.4, 0.5) is 13.2 Å². The van der Waals surface area contributed by atoms with E-state index in [9.17, 15) is 22.8 Å². The van der Waals surface area contributed by atoms with Gasteiger partial charge in [-0.15, -0.1) is 0 Å². The molecule has 0 aliphatic carbocycles. The van der Waals surface area contributed by atoms with Crippen molar-refractivity contribution in [3.8, 4) is 0 Å². The Labute approximate surface area is 124 Å². The Morgan fingerprint density at radius 2 is 1.64 bits per heavy atom. The number of halogens is 3. The lowest BCUT2D eigenvalue weighted by Crippen LogP contribution is -2.41. The molecule has 0 unspecified atom stereocenters. The summed E-state index contributed by atoms with van der Waals surface area (Å²) in [6.45, 7) is 0.714. The molecule has 7 N–H and O–H groups in total. The second-order valence-corrected chi connectivity index (χ2v) is 4.13. The van der Waals surface area contributed by atoms with Gasteiger partial charge in [0.15, 0.2) is 0 Å². The van der Waals surface area contributed by atoms with E-state index in [1.54, 1.807) is 0 Å². The van der Waals surface area contributed by atoms with Crippen LogP contribution in [0.5, 0.6) is 0 Å². The van der Waals surface area contributed by atoms with Crippen LogP contribution in [0.2, 0.25) is 0 Å². The fraction of sp³-hybridized carbons (Fsp3) is 0.727. The zero-order valence-corrected chi connectivity index (χ0v) is 11.7. The summed E-state index contributed by atoms with van der Waals surface area (Å²) in [6, 6.07) is -0.564. The molecule has 0 spiro atoms. The monoisotopic (exact) mass is 331 g/mol. The number of aliphatic carboxylic acids is 2. The Morgan fingerprint density at radius 3 is 2.00 bits per heavy atom. The summed E-state index contributed by atoms with van der Waals surface area (Å²) >= 11 is 0. The van der Waals surface area contributed by atoms with E-state index in [-0.39, 0.29) is 18.9 Å². The molecule has 0 heterocycles. The molecule has 130 valence electrons. The average Bonchev–Trinajstić information content (AvgIpc) is 2.37. The molecule has 0 radical (unpaired) electrons. The van der Waals surface area contributed by atoms with E-state index in [2.05, 4.69) is 5.32 Å². The van der Waals surface area contributed by atoms with Gasteiger partial charge in [0.2, 0.25) is 5.91 Å². The molecular weight excluding hydrogens is 311 g/mol. The van der Waals surface area contributed by atoms with Crippen molar-refractivity contribution in [2.24, 2.45) is 11.5 Å². The third-order valence-electron chi connectivity index (χ3n) is 2.19. The lowest BCUT2D eigenvalue weighted by molar-refractivity contribution is -0.192. The molecule has 0 bridgehead atoms. The highest BCUT2D eigenvalue weighted by Crippen LogP contribution is 2.13. The first kappa shape index (κ1) is 22.4. The summed E-state index contributed by atoms with van der Waals surface area (Å²) in [7, 11) is 0. The third-order valence-corrected chi connectivity index (χ3v) is 2.19. The summed E-state index contributed by atoms with van der Waals surface area (Å²) in [6.07, 6.45) is -2.93. The van der Waals surface area contributed by atoms with Crippen molar-refractivity contribution >= 4 is 17.8 Å². The van der Waals surface area contributed by atoms with Gasteiger partial charge in [0.1, 0.15) is 0 Å². The second-order valence-electron chi connectivity index (χ2n) is 4.13. The van der Waals surface area contributed by atoms with E-state index in [0.717, 1.165) is 12.8 Å². The van der Waals surface area contributed by atoms with Gasteiger partial charge in [-0.2, -0.15) is 13.2 Å². The molecule has 0 aromatic heterocycles. The van der Waals surface area contributed by atoms with Crippen LogP contribution in [-0.4, -0.2) is 53.4 Å². The molecule has 0 saturated carbocycles. The second kappa shape index (κ2) is 11.7. The number of nitrogens with one attached hydrogen (secondary N) is 1. The number of carboxylic acid groups (broad SMARTS) is 2. The number of carbonyl (C=O) groups excluding carboxylic acids is 1. The zero-order valence-electron chi connectivity index (χ0n) is 11.7. The highest BCUT2D eigenvalue weighted by atomic mass is 19.4. The van der Waals surface area contributed by atoms with Gasteiger partial charge >= 0.3 is 18.1 Å². The molecule has 0 saturated heterocycles. The van der Waals surface area contributed by atoms with Gasteiger partial charge in [-0.1, -0.05) is 6.42 Å². The predicted octanol–water partition coefficient (Wildman–Crippen LogP) is -0.333. The van der Waals surface area contributed by atoms with E-state index >= 15 is 0 Å². The van der Waals surface area contributed by atoms with Gasteiger partial charge in [0, 0.05) is 6.54 Å². The molecule has 0 rings (SSSR count). The Hall–Kier alpha value is -1.88. The van der Waals surface area contributed by atoms with Gasteiger partial charge in [-0.05, 0) is 19.4 Å². The van der Waals surface area contributed by atoms with E-state index in [0.29, 0.717) is 13.0 Å². The number of amides is 1. The number of carbonyl (C=O) groups is 3. The molecule has 0 aromatic rings. The minimum atomic E-state index is -5.08. The van der Waals surface area contributed by atoms with Crippen LogP contribution in [0.15, 0.2) is 0 Å². The van der Waals surface area contributed by atoms with Crippen molar-refractivity contribution in [3.63, 3.8) is 0 Å². The number of alkyl halides is 3. The first-order valence-corrected chi connectivity index (χ1v) is 6.27. The van der Waals surface area contributed by atoms with E-state index < -0.39 is 24.2 Å². The standard InChI is InChI=1S/C9H19N3O3.C2HF3O2/c10-5-2-1-3-7(11)9(15)12-6-4-8(13)14;3-2(4,5)1(6)7/h7H,1-6,10-11H2,(H,12,15)(H,13,14);(H,6,7)/t7-;/m0./s1. The maximum Gasteiger partial charge on any atom is 0.490 e. The lowest BCUT2D eigenvalue weighted by atomic mass is 10.1. The quantitative estimate of drug-likeness (QED) is 0.381. The molecule has 0 fully saturated rings. The van der Waals surface area contributed by atoms with Crippen LogP contribution in [0, 0.1) is 0 Å². The first-order valence-electron chi connectivity index (χ1n) is 6.27. The molecule has 8 nitrogen and oxygen atoms in total. The topological polar surface area (TPSA) is 156 Å². The Morgan fingerprint density at radius 1 is 1.14 bits per heavy atom. The third kappa shape index (κ3) is 14.5. The van der Waals surface area contributed by atoms with Crippen molar-refractivity contribution in [2.45, 2.75) is 37.9 Å². The highest BCUT2D eigenvalue weighted by molar-refractivity contribution is 5.81. The average molecular weight is 331 g/mol. The van der Waals surface area contributed by atoms with E-state index in [1.165, 1.54) is 0 Å². The number of hydrogen-bond donors (Lipinski definition) is 5.